The number of benzene rings is 3. The van der Waals surface area contributed by atoms with Crippen LogP contribution in [-0.2, 0) is 11.4 Å². The predicted molar refractivity (Wildman–Crippen MR) is 160 cm³/mol. The van der Waals surface area contributed by atoms with Gasteiger partial charge in [0.25, 0.3) is 5.91 Å². The quantitative estimate of drug-likeness (QED) is 0.181. The van der Waals surface area contributed by atoms with E-state index in [1.165, 1.54) is 11.8 Å². The number of halogens is 3. The van der Waals surface area contributed by atoms with Crippen molar-refractivity contribution in [3.63, 3.8) is 0 Å². The number of thioether (sulfide) groups is 1. The highest BCUT2D eigenvalue weighted by atomic mass is 127. The Bertz CT molecular complexity index is 1380. The molecule has 3 aromatic carbocycles. The highest BCUT2D eigenvalue weighted by molar-refractivity contribution is 14.1. The van der Waals surface area contributed by atoms with Crippen LogP contribution in [0.3, 0.4) is 0 Å². The molecule has 192 valence electrons. The Morgan fingerprint density at radius 2 is 1.78 bits per heavy atom. The molecule has 1 heterocycles. The molecule has 1 aliphatic heterocycles. The van der Waals surface area contributed by atoms with E-state index in [1.54, 1.807) is 31.3 Å². The van der Waals surface area contributed by atoms with E-state index in [1.807, 2.05) is 55.5 Å². The van der Waals surface area contributed by atoms with Crippen molar-refractivity contribution < 1.29 is 19.0 Å². The second kappa shape index (κ2) is 12.4. The number of likely N-dealkylation sites (N-methyl/N-ethyl adjacent to an activating group) is 1. The normalized spacial score (nSPS) is 15.5. The van der Waals surface area contributed by atoms with Gasteiger partial charge in [0, 0.05) is 6.54 Å². The van der Waals surface area contributed by atoms with Crippen LogP contribution in [0.4, 0.5) is 5.69 Å². The van der Waals surface area contributed by atoms with E-state index in [-0.39, 0.29) is 5.91 Å². The summed E-state index contributed by atoms with van der Waals surface area (Å²) in [6, 6.07) is 16.6. The Labute approximate surface area is 243 Å². The summed E-state index contributed by atoms with van der Waals surface area (Å²) < 4.78 is 17.7. The van der Waals surface area contributed by atoms with Gasteiger partial charge in [-0.25, -0.2) is 4.99 Å². The lowest BCUT2D eigenvalue weighted by Crippen LogP contribution is -2.28. The first-order chi connectivity index (χ1) is 17.8. The third kappa shape index (κ3) is 6.54. The Kier molecular flexibility index (Phi) is 9.28. The lowest BCUT2D eigenvalue weighted by molar-refractivity contribution is -0.122. The minimum Gasteiger partial charge on any atom is -0.497 e. The lowest BCUT2D eigenvalue weighted by Gasteiger charge is -2.14. The number of carbonyl (C=O) groups excluding carboxylic acids is 1. The van der Waals surface area contributed by atoms with Gasteiger partial charge >= 0.3 is 0 Å². The number of methoxy groups -OCH3 is 2. The van der Waals surface area contributed by atoms with Crippen LogP contribution in [0.5, 0.6) is 17.2 Å². The number of hydrogen-bond acceptors (Lipinski definition) is 6. The van der Waals surface area contributed by atoms with Crippen molar-refractivity contribution in [2.45, 2.75) is 13.5 Å². The molecule has 0 unspecified atom stereocenters. The first-order valence-electron chi connectivity index (χ1n) is 11.2. The zero-order valence-electron chi connectivity index (χ0n) is 20.3. The maximum absolute atomic E-state index is 13.1. The van der Waals surface area contributed by atoms with Gasteiger partial charge in [-0.1, -0.05) is 29.3 Å². The maximum Gasteiger partial charge on any atom is 0.266 e. The third-order valence-corrected chi connectivity index (χ3v) is 7.97. The molecule has 0 aromatic heterocycles. The van der Waals surface area contributed by atoms with Crippen molar-refractivity contribution in [2.75, 3.05) is 20.8 Å². The fraction of sp³-hybridized carbons (Fsp3) is 0.185. The molecule has 6 nitrogen and oxygen atoms in total. The minimum atomic E-state index is -0.0892. The van der Waals surface area contributed by atoms with Crippen molar-refractivity contribution in [3.8, 4) is 17.2 Å². The fourth-order valence-electron chi connectivity index (χ4n) is 3.54. The number of hydrogen-bond donors (Lipinski definition) is 0. The zero-order chi connectivity index (χ0) is 26.5. The van der Waals surface area contributed by atoms with Gasteiger partial charge in [0.15, 0.2) is 16.7 Å². The number of ether oxygens (including phenoxy) is 3. The number of nitrogens with zero attached hydrogens (tertiary/aromatic N) is 2. The van der Waals surface area contributed by atoms with Crippen molar-refractivity contribution in [2.24, 2.45) is 4.99 Å². The molecule has 10 heteroatoms. The van der Waals surface area contributed by atoms with Gasteiger partial charge in [-0.05, 0) is 107 Å². The molecular formula is C27H23Cl2IN2O4S. The topological polar surface area (TPSA) is 60.4 Å². The molecule has 0 spiro atoms. The molecule has 0 bridgehead atoms. The van der Waals surface area contributed by atoms with Gasteiger partial charge in [-0.2, -0.15) is 0 Å². The van der Waals surface area contributed by atoms with E-state index < -0.39 is 0 Å². The first kappa shape index (κ1) is 27.6. The molecule has 3 aromatic rings. The molecule has 0 atom stereocenters. The van der Waals surface area contributed by atoms with Crippen LogP contribution in [0, 0.1) is 3.57 Å². The monoisotopic (exact) mass is 668 g/mol. The van der Waals surface area contributed by atoms with Gasteiger partial charge in [0.1, 0.15) is 12.4 Å². The lowest BCUT2D eigenvalue weighted by atomic mass is 10.1. The Morgan fingerprint density at radius 3 is 2.43 bits per heavy atom. The fourth-order valence-corrected chi connectivity index (χ4v) is 5.70. The molecule has 0 saturated carbocycles. The van der Waals surface area contributed by atoms with E-state index >= 15 is 0 Å². The average Bonchev–Trinajstić information content (AvgIpc) is 3.18. The summed E-state index contributed by atoms with van der Waals surface area (Å²) in [7, 11) is 3.20. The van der Waals surface area contributed by atoms with E-state index in [9.17, 15) is 4.79 Å². The van der Waals surface area contributed by atoms with Gasteiger partial charge in [-0.15, -0.1) is 0 Å². The minimum absolute atomic E-state index is 0.0892. The standard InChI is InChI=1S/C27H23Cl2IN2O4S/c1-4-32-26(33)24(37-27(32)31-18-6-8-19(34-2)9-7-18)14-17-12-22(30)25(23(13-17)35-3)36-15-16-5-10-20(28)21(29)11-16/h5-14H,4,15H2,1-3H3/b24-14+,31-27?. The molecule has 1 aliphatic rings. The number of rotatable bonds is 8. The SMILES string of the molecule is CCN1C(=O)/C(=C\c2cc(I)c(OCc3ccc(Cl)c(Cl)c3)c(OC)c2)SC1=Nc1ccc(OC)cc1. The van der Waals surface area contributed by atoms with Crippen LogP contribution in [0.25, 0.3) is 6.08 Å². The highest BCUT2D eigenvalue weighted by Crippen LogP contribution is 2.38. The van der Waals surface area contributed by atoms with Crippen LogP contribution < -0.4 is 14.2 Å². The molecule has 1 fully saturated rings. The Hall–Kier alpha value is -2.40. The summed E-state index contributed by atoms with van der Waals surface area (Å²) in [5, 5.41) is 1.60. The van der Waals surface area contributed by atoms with Crippen LogP contribution >= 0.6 is 57.6 Å². The number of amides is 1. The molecule has 4 rings (SSSR count). The van der Waals surface area contributed by atoms with Crippen LogP contribution in [0.1, 0.15) is 18.1 Å². The molecule has 0 N–H and O–H groups in total. The van der Waals surface area contributed by atoms with E-state index in [4.69, 9.17) is 37.4 Å². The molecule has 0 radical (unpaired) electrons. The van der Waals surface area contributed by atoms with Gasteiger partial charge in [0.2, 0.25) is 0 Å². The Balaban J connectivity index is 1.57. The number of aliphatic imine (C=N–C) groups is 1. The van der Waals surface area contributed by atoms with Crippen LogP contribution in [0.2, 0.25) is 10.0 Å². The van der Waals surface area contributed by atoms with Crippen molar-refractivity contribution >= 4 is 80.4 Å². The van der Waals surface area contributed by atoms with Crippen molar-refractivity contribution in [1.29, 1.82) is 0 Å². The maximum atomic E-state index is 13.1. The average molecular weight is 669 g/mol. The Morgan fingerprint density at radius 1 is 1.03 bits per heavy atom. The molecule has 0 aliphatic carbocycles. The van der Waals surface area contributed by atoms with Crippen molar-refractivity contribution in [1.82, 2.24) is 4.90 Å². The zero-order valence-corrected chi connectivity index (χ0v) is 24.7. The number of carbonyl (C=O) groups is 1. The summed E-state index contributed by atoms with van der Waals surface area (Å²) in [5.41, 5.74) is 2.45. The highest BCUT2D eigenvalue weighted by Gasteiger charge is 2.32. The van der Waals surface area contributed by atoms with Crippen LogP contribution in [0.15, 0.2) is 64.5 Å². The number of amidine groups is 1. The summed E-state index contributed by atoms with van der Waals surface area (Å²) in [6.07, 6.45) is 1.85. The second-order valence-corrected chi connectivity index (χ2v) is 10.8. The molecular weight excluding hydrogens is 646 g/mol. The molecule has 1 amide bonds. The van der Waals surface area contributed by atoms with E-state index in [2.05, 4.69) is 27.6 Å². The van der Waals surface area contributed by atoms with Gasteiger partial charge < -0.3 is 14.2 Å². The molecule has 37 heavy (non-hydrogen) atoms. The first-order valence-corrected chi connectivity index (χ1v) is 13.9. The second-order valence-electron chi connectivity index (χ2n) is 7.82. The van der Waals surface area contributed by atoms with Gasteiger partial charge in [-0.3, -0.25) is 9.69 Å². The molecule has 1 saturated heterocycles. The largest absolute Gasteiger partial charge is 0.497 e. The smallest absolute Gasteiger partial charge is 0.266 e. The van der Waals surface area contributed by atoms with E-state index in [0.717, 1.165) is 26.1 Å². The summed E-state index contributed by atoms with van der Waals surface area (Å²) >= 11 is 15.7. The van der Waals surface area contributed by atoms with Crippen molar-refractivity contribution in [3.05, 3.63) is 84.2 Å². The predicted octanol–water partition coefficient (Wildman–Crippen LogP) is 7.82. The summed E-state index contributed by atoms with van der Waals surface area (Å²) in [6.45, 7) is 2.74. The van der Waals surface area contributed by atoms with E-state index in [0.29, 0.717) is 44.8 Å². The third-order valence-electron chi connectivity index (χ3n) is 5.42. The summed E-state index contributed by atoms with van der Waals surface area (Å²) in [4.78, 5) is 20.0. The van der Waals surface area contributed by atoms with Crippen LogP contribution in [-0.4, -0.2) is 36.7 Å². The van der Waals surface area contributed by atoms with Gasteiger partial charge in [0.05, 0.1) is 38.4 Å². The summed E-state index contributed by atoms with van der Waals surface area (Å²) in [5.74, 6) is 1.83.